The zero-order valence-corrected chi connectivity index (χ0v) is 10.1. The molecule has 0 N–H and O–H groups in total. The van der Waals surface area contributed by atoms with E-state index in [1.54, 1.807) is 5.56 Å². The van der Waals surface area contributed by atoms with E-state index in [9.17, 15) is 0 Å². The first-order valence-electron chi connectivity index (χ1n) is 6.53. The molecule has 3 atom stereocenters. The number of anilines is 1. The molecule has 4 aliphatic rings. The van der Waals surface area contributed by atoms with Crippen LogP contribution in [0.2, 0.25) is 0 Å². The minimum atomic E-state index is 0.922. The quantitative estimate of drug-likeness (QED) is 0.729. The normalized spacial score (nSPS) is 42.5. The maximum absolute atomic E-state index is 2.37. The smallest absolute Gasteiger partial charge is 0.0361 e. The summed E-state index contributed by atoms with van der Waals surface area (Å²) in [4.78, 5) is 2.18. The molecule has 4 bridgehead atoms. The molecular weight excluding hydrogens is 194 g/mol. The van der Waals surface area contributed by atoms with E-state index in [0.717, 1.165) is 29.6 Å². The van der Waals surface area contributed by atoms with E-state index in [-0.39, 0.29) is 0 Å². The minimum Gasteiger partial charge on any atom is -0.378 e. The Morgan fingerprint density at radius 3 is 2.06 bits per heavy atom. The van der Waals surface area contributed by atoms with E-state index in [4.69, 9.17) is 0 Å². The molecule has 0 aliphatic heterocycles. The predicted octanol–water partition coefficient (Wildman–Crippen LogP) is 3.12. The molecule has 1 nitrogen and oxygen atoms in total. The van der Waals surface area contributed by atoms with E-state index in [0.29, 0.717) is 0 Å². The van der Waals surface area contributed by atoms with Crippen LogP contribution in [0.4, 0.5) is 5.69 Å². The Morgan fingerprint density at radius 2 is 1.62 bits per heavy atom. The van der Waals surface area contributed by atoms with Crippen LogP contribution in [0.1, 0.15) is 24.3 Å². The van der Waals surface area contributed by atoms with Crippen LogP contribution in [0.15, 0.2) is 24.3 Å². The van der Waals surface area contributed by atoms with Crippen LogP contribution in [-0.2, 0) is 0 Å². The number of rotatable bonds is 2. The van der Waals surface area contributed by atoms with Crippen molar-refractivity contribution in [1.29, 1.82) is 0 Å². The van der Waals surface area contributed by atoms with Gasteiger partial charge in [0, 0.05) is 19.8 Å². The number of benzene rings is 1. The van der Waals surface area contributed by atoms with Gasteiger partial charge < -0.3 is 4.90 Å². The van der Waals surface area contributed by atoms with Crippen LogP contribution in [0.3, 0.4) is 0 Å². The fraction of sp³-hybridized carbons (Fsp3) is 0.600. The maximum atomic E-state index is 2.37. The van der Waals surface area contributed by atoms with Gasteiger partial charge in [-0.25, -0.2) is 0 Å². The topological polar surface area (TPSA) is 3.24 Å². The number of nitrogens with zero attached hydrogens (tertiary/aromatic N) is 1. The third kappa shape index (κ3) is 1.02. The lowest BCUT2D eigenvalue weighted by Gasteiger charge is -2.17. The molecule has 4 aliphatic carbocycles. The second-order valence-corrected chi connectivity index (χ2v) is 6.15. The van der Waals surface area contributed by atoms with Gasteiger partial charge in [0.15, 0.2) is 0 Å². The monoisotopic (exact) mass is 213 g/mol. The van der Waals surface area contributed by atoms with Crippen molar-refractivity contribution in [1.82, 2.24) is 0 Å². The Kier molecular flexibility index (Phi) is 1.60. The van der Waals surface area contributed by atoms with Gasteiger partial charge in [0.25, 0.3) is 0 Å². The van der Waals surface area contributed by atoms with Crippen molar-refractivity contribution < 1.29 is 0 Å². The number of hydrogen-bond donors (Lipinski definition) is 0. The van der Waals surface area contributed by atoms with E-state index in [2.05, 4.69) is 43.3 Å². The molecule has 16 heavy (non-hydrogen) atoms. The predicted molar refractivity (Wildman–Crippen MR) is 66.7 cm³/mol. The second kappa shape index (κ2) is 2.82. The molecule has 1 heteroatoms. The van der Waals surface area contributed by atoms with E-state index >= 15 is 0 Å². The second-order valence-electron chi connectivity index (χ2n) is 6.15. The van der Waals surface area contributed by atoms with Crippen LogP contribution in [0, 0.1) is 23.7 Å². The molecule has 1 aromatic carbocycles. The summed E-state index contributed by atoms with van der Waals surface area (Å²) < 4.78 is 0. The summed E-state index contributed by atoms with van der Waals surface area (Å²) >= 11 is 0. The average Bonchev–Trinajstić information content (AvgIpc) is 2.74. The van der Waals surface area contributed by atoms with Gasteiger partial charge in [-0.05, 0) is 60.1 Å². The summed E-state index contributed by atoms with van der Waals surface area (Å²) in [6.45, 7) is 0. The highest BCUT2D eigenvalue weighted by atomic mass is 15.1. The first-order chi connectivity index (χ1) is 7.75. The van der Waals surface area contributed by atoms with E-state index in [1.807, 2.05) is 0 Å². The molecule has 4 saturated carbocycles. The summed E-state index contributed by atoms with van der Waals surface area (Å²) in [5.74, 6) is 5.29. The zero-order valence-electron chi connectivity index (χ0n) is 10.1. The molecule has 2 unspecified atom stereocenters. The van der Waals surface area contributed by atoms with Gasteiger partial charge >= 0.3 is 0 Å². The standard InChI is InChI=1S/C15H19N/c1-16(2)11-5-3-9(4-6-11)14-10-7-12-13(8-10)15(12)14/h3-6,10,12-15H,7-8H2,1-2H3/t10?,12?,13?,14-,15?/m0/s1. The van der Waals surface area contributed by atoms with Crippen molar-refractivity contribution >= 4 is 5.69 Å². The highest BCUT2D eigenvalue weighted by Crippen LogP contribution is 2.76. The van der Waals surface area contributed by atoms with E-state index in [1.165, 1.54) is 18.5 Å². The van der Waals surface area contributed by atoms with Gasteiger partial charge in [0.2, 0.25) is 0 Å². The van der Waals surface area contributed by atoms with Gasteiger partial charge in [-0.15, -0.1) is 0 Å². The Labute approximate surface area is 97.5 Å². The highest BCUT2D eigenvalue weighted by molar-refractivity contribution is 5.47. The van der Waals surface area contributed by atoms with Gasteiger partial charge in [-0.1, -0.05) is 12.1 Å². The molecule has 0 spiro atoms. The lowest BCUT2D eigenvalue weighted by atomic mass is 9.90. The Morgan fingerprint density at radius 1 is 1.00 bits per heavy atom. The molecule has 5 rings (SSSR count). The molecule has 4 fully saturated rings. The molecule has 0 amide bonds. The molecule has 0 radical (unpaired) electrons. The fourth-order valence-electron chi connectivity index (χ4n) is 4.56. The van der Waals surface area contributed by atoms with Gasteiger partial charge in [0.05, 0.1) is 0 Å². The molecule has 0 aromatic heterocycles. The van der Waals surface area contributed by atoms with Crippen molar-refractivity contribution in [3.8, 4) is 0 Å². The van der Waals surface area contributed by atoms with Crippen molar-refractivity contribution in [3.63, 3.8) is 0 Å². The lowest BCUT2D eigenvalue weighted by Crippen LogP contribution is -2.09. The van der Waals surface area contributed by atoms with Crippen LogP contribution in [-0.4, -0.2) is 14.1 Å². The van der Waals surface area contributed by atoms with E-state index < -0.39 is 0 Å². The summed E-state index contributed by atoms with van der Waals surface area (Å²) in [5.41, 5.74) is 2.93. The maximum Gasteiger partial charge on any atom is 0.0361 e. The summed E-state index contributed by atoms with van der Waals surface area (Å²) in [6, 6.07) is 9.30. The van der Waals surface area contributed by atoms with Gasteiger partial charge in [-0.2, -0.15) is 0 Å². The summed E-state index contributed by atoms with van der Waals surface area (Å²) in [5, 5.41) is 0. The largest absolute Gasteiger partial charge is 0.378 e. The first-order valence-corrected chi connectivity index (χ1v) is 6.53. The molecule has 0 saturated heterocycles. The SMILES string of the molecule is CN(C)c1ccc([C@H]2C3CC4C(C3)C42)cc1. The van der Waals surface area contributed by atoms with Gasteiger partial charge in [0.1, 0.15) is 0 Å². The van der Waals surface area contributed by atoms with Crippen LogP contribution < -0.4 is 4.90 Å². The van der Waals surface area contributed by atoms with Crippen molar-refractivity contribution in [2.75, 3.05) is 19.0 Å². The fourth-order valence-corrected chi connectivity index (χ4v) is 4.56. The third-order valence-electron chi connectivity index (χ3n) is 5.26. The van der Waals surface area contributed by atoms with Crippen LogP contribution in [0.25, 0.3) is 0 Å². The van der Waals surface area contributed by atoms with Gasteiger partial charge in [-0.3, -0.25) is 0 Å². The van der Waals surface area contributed by atoms with Crippen LogP contribution >= 0.6 is 0 Å². The Bertz CT molecular complexity index is 406. The zero-order chi connectivity index (χ0) is 10.9. The Balaban J connectivity index is 1.64. The lowest BCUT2D eigenvalue weighted by molar-refractivity contribution is 0.528. The highest BCUT2D eigenvalue weighted by Gasteiger charge is 2.68. The molecule has 84 valence electrons. The molecule has 1 aromatic rings. The first kappa shape index (κ1) is 9.09. The van der Waals surface area contributed by atoms with Crippen LogP contribution in [0.5, 0.6) is 0 Å². The Hall–Kier alpha value is -0.980. The number of hydrogen-bond acceptors (Lipinski definition) is 1. The van der Waals surface area contributed by atoms with Crippen molar-refractivity contribution in [3.05, 3.63) is 29.8 Å². The van der Waals surface area contributed by atoms with Crippen molar-refractivity contribution in [2.24, 2.45) is 23.7 Å². The molecule has 0 heterocycles. The minimum absolute atomic E-state index is 0.922. The molecular formula is C15H19N. The van der Waals surface area contributed by atoms with Crippen molar-refractivity contribution in [2.45, 2.75) is 18.8 Å². The third-order valence-corrected chi connectivity index (χ3v) is 5.26. The summed E-state index contributed by atoms with van der Waals surface area (Å²) in [6.07, 6.45) is 3.07. The summed E-state index contributed by atoms with van der Waals surface area (Å²) in [7, 11) is 4.22. The average molecular weight is 213 g/mol.